The molecule has 23 heavy (non-hydrogen) atoms. The standard InChI is InChI=1S/C19H22N2O2/c22-19(21-13-11-15-10-12-20-14-15)16-6-8-18(9-7-16)23-17-4-2-1-3-5-17/h1-9,15,20H,10-14H2,(H,21,22). The molecule has 1 aliphatic heterocycles. The van der Waals surface area contributed by atoms with Gasteiger partial charge in [-0.15, -0.1) is 0 Å². The summed E-state index contributed by atoms with van der Waals surface area (Å²) < 4.78 is 5.72. The van der Waals surface area contributed by atoms with Gasteiger partial charge in [0.05, 0.1) is 0 Å². The monoisotopic (exact) mass is 310 g/mol. The van der Waals surface area contributed by atoms with Gasteiger partial charge in [-0.05, 0) is 68.2 Å². The van der Waals surface area contributed by atoms with Crippen LogP contribution in [-0.2, 0) is 0 Å². The highest BCUT2D eigenvalue weighted by Crippen LogP contribution is 2.21. The Morgan fingerprint density at radius 3 is 2.52 bits per heavy atom. The Kier molecular flexibility index (Phi) is 5.27. The number of carbonyl (C=O) groups excluding carboxylic acids is 1. The lowest BCUT2D eigenvalue weighted by Gasteiger charge is -2.10. The van der Waals surface area contributed by atoms with E-state index < -0.39 is 0 Å². The van der Waals surface area contributed by atoms with Crippen molar-refractivity contribution >= 4 is 5.91 Å². The summed E-state index contributed by atoms with van der Waals surface area (Å²) in [6.07, 6.45) is 2.25. The number of rotatable bonds is 6. The van der Waals surface area contributed by atoms with E-state index in [2.05, 4.69) is 10.6 Å². The molecule has 120 valence electrons. The van der Waals surface area contributed by atoms with Crippen LogP contribution in [0.1, 0.15) is 23.2 Å². The molecule has 3 rings (SSSR count). The third kappa shape index (κ3) is 4.57. The summed E-state index contributed by atoms with van der Waals surface area (Å²) in [4.78, 5) is 12.1. The summed E-state index contributed by atoms with van der Waals surface area (Å²) in [7, 11) is 0. The van der Waals surface area contributed by atoms with Gasteiger partial charge in [0, 0.05) is 12.1 Å². The highest BCUT2D eigenvalue weighted by molar-refractivity contribution is 5.94. The average molecular weight is 310 g/mol. The molecule has 1 saturated heterocycles. The normalized spacial score (nSPS) is 17.0. The number of ether oxygens (including phenoxy) is 1. The molecule has 0 aliphatic carbocycles. The Morgan fingerprint density at radius 2 is 1.83 bits per heavy atom. The van der Waals surface area contributed by atoms with E-state index in [4.69, 9.17) is 4.74 Å². The smallest absolute Gasteiger partial charge is 0.251 e. The fourth-order valence-electron chi connectivity index (χ4n) is 2.75. The van der Waals surface area contributed by atoms with Crippen LogP contribution in [0.2, 0.25) is 0 Å². The van der Waals surface area contributed by atoms with E-state index >= 15 is 0 Å². The van der Waals surface area contributed by atoms with Crippen molar-refractivity contribution in [2.45, 2.75) is 12.8 Å². The van der Waals surface area contributed by atoms with Crippen LogP contribution < -0.4 is 15.4 Å². The number of benzene rings is 2. The van der Waals surface area contributed by atoms with Gasteiger partial charge in [-0.3, -0.25) is 4.79 Å². The molecule has 1 fully saturated rings. The molecular formula is C19H22N2O2. The van der Waals surface area contributed by atoms with Crippen molar-refractivity contribution in [1.82, 2.24) is 10.6 Å². The van der Waals surface area contributed by atoms with Crippen molar-refractivity contribution in [3.63, 3.8) is 0 Å². The van der Waals surface area contributed by atoms with Gasteiger partial charge in [0.1, 0.15) is 11.5 Å². The van der Waals surface area contributed by atoms with Crippen molar-refractivity contribution in [3.05, 3.63) is 60.2 Å². The molecule has 1 amide bonds. The first kappa shape index (κ1) is 15.6. The number of hydrogen-bond donors (Lipinski definition) is 2. The minimum atomic E-state index is -0.0257. The number of nitrogens with one attached hydrogen (secondary N) is 2. The lowest BCUT2D eigenvalue weighted by Crippen LogP contribution is -2.26. The Bertz CT molecular complexity index is 620. The van der Waals surface area contributed by atoms with E-state index in [9.17, 15) is 4.79 Å². The summed E-state index contributed by atoms with van der Waals surface area (Å²) in [6.45, 7) is 2.90. The zero-order valence-electron chi connectivity index (χ0n) is 13.1. The number of hydrogen-bond acceptors (Lipinski definition) is 3. The highest BCUT2D eigenvalue weighted by Gasteiger charge is 2.14. The lowest BCUT2D eigenvalue weighted by atomic mass is 10.1. The van der Waals surface area contributed by atoms with Gasteiger partial charge in [-0.1, -0.05) is 18.2 Å². The maximum Gasteiger partial charge on any atom is 0.251 e. The molecular weight excluding hydrogens is 288 g/mol. The van der Waals surface area contributed by atoms with E-state index in [1.807, 2.05) is 42.5 Å². The van der Waals surface area contributed by atoms with Crippen LogP contribution in [0, 0.1) is 5.92 Å². The van der Waals surface area contributed by atoms with Crippen LogP contribution in [0.15, 0.2) is 54.6 Å². The molecule has 2 aromatic carbocycles. The maximum atomic E-state index is 12.1. The molecule has 0 saturated carbocycles. The van der Waals surface area contributed by atoms with Crippen LogP contribution in [0.25, 0.3) is 0 Å². The van der Waals surface area contributed by atoms with Crippen molar-refractivity contribution in [2.75, 3.05) is 19.6 Å². The predicted molar refractivity (Wildman–Crippen MR) is 90.9 cm³/mol. The summed E-state index contributed by atoms with van der Waals surface area (Å²) in [5, 5.41) is 6.33. The first-order valence-corrected chi connectivity index (χ1v) is 8.13. The van der Waals surface area contributed by atoms with Gasteiger partial charge in [-0.2, -0.15) is 0 Å². The second-order valence-corrected chi connectivity index (χ2v) is 5.84. The highest BCUT2D eigenvalue weighted by atomic mass is 16.5. The average Bonchev–Trinajstić information content (AvgIpc) is 3.10. The molecule has 0 spiro atoms. The van der Waals surface area contributed by atoms with Crippen LogP contribution in [0.4, 0.5) is 0 Å². The number of para-hydroxylation sites is 1. The maximum absolute atomic E-state index is 12.1. The van der Waals surface area contributed by atoms with Crippen LogP contribution >= 0.6 is 0 Å². The third-order valence-electron chi connectivity index (χ3n) is 4.10. The Hall–Kier alpha value is -2.33. The zero-order valence-corrected chi connectivity index (χ0v) is 13.1. The van der Waals surface area contributed by atoms with Gasteiger partial charge in [0.15, 0.2) is 0 Å². The lowest BCUT2D eigenvalue weighted by molar-refractivity contribution is 0.0951. The largest absolute Gasteiger partial charge is 0.457 e. The minimum Gasteiger partial charge on any atom is -0.457 e. The summed E-state index contributed by atoms with van der Waals surface area (Å²) in [5.41, 5.74) is 0.662. The molecule has 1 aliphatic rings. The first-order valence-electron chi connectivity index (χ1n) is 8.13. The van der Waals surface area contributed by atoms with Crippen molar-refractivity contribution in [3.8, 4) is 11.5 Å². The van der Waals surface area contributed by atoms with Crippen LogP contribution in [0.3, 0.4) is 0 Å². The fraction of sp³-hybridized carbons (Fsp3) is 0.316. The molecule has 0 aromatic heterocycles. The molecule has 1 atom stereocenters. The first-order chi connectivity index (χ1) is 11.3. The van der Waals surface area contributed by atoms with E-state index in [0.29, 0.717) is 11.5 Å². The summed E-state index contributed by atoms with van der Waals surface area (Å²) >= 11 is 0. The van der Waals surface area contributed by atoms with Gasteiger partial charge >= 0.3 is 0 Å². The molecule has 2 N–H and O–H groups in total. The molecule has 1 heterocycles. The van der Waals surface area contributed by atoms with Gasteiger partial charge in [-0.25, -0.2) is 0 Å². The Balaban J connectivity index is 1.49. The van der Waals surface area contributed by atoms with E-state index in [-0.39, 0.29) is 5.91 Å². The van der Waals surface area contributed by atoms with Gasteiger partial charge in [0.25, 0.3) is 5.91 Å². The van der Waals surface area contributed by atoms with Crippen molar-refractivity contribution < 1.29 is 9.53 Å². The second-order valence-electron chi connectivity index (χ2n) is 5.84. The molecule has 0 radical (unpaired) electrons. The van der Waals surface area contributed by atoms with Crippen molar-refractivity contribution in [1.29, 1.82) is 0 Å². The number of amides is 1. The van der Waals surface area contributed by atoms with E-state index in [0.717, 1.165) is 37.6 Å². The molecule has 4 heteroatoms. The Labute approximate surface area is 136 Å². The third-order valence-corrected chi connectivity index (χ3v) is 4.10. The zero-order chi connectivity index (χ0) is 15.9. The quantitative estimate of drug-likeness (QED) is 0.861. The van der Waals surface area contributed by atoms with Crippen molar-refractivity contribution in [2.24, 2.45) is 5.92 Å². The van der Waals surface area contributed by atoms with Crippen LogP contribution in [0.5, 0.6) is 11.5 Å². The molecule has 2 aromatic rings. The van der Waals surface area contributed by atoms with E-state index in [1.54, 1.807) is 12.1 Å². The summed E-state index contributed by atoms with van der Waals surface area (Å²) in [5.74, 6) is 2.18. The number of carbonyl (C=O) groups is 1. The topological polar surface area (TPSA) is 50.4 Å². The Morgan fingerprint density at radius 1 is 1.09 bits per heavy atom. The summed E-state index contributed by atoms with van der Waals surface area (Å²) in [6, 6.07) is 16.8. The van der Waals surface area contributed by atoms with E-state index in [1.165, 1.54) is 6.42 Å². The molecule has 4 nitrogen and oxygen atoms in total. The predicted octanol–water partition coefficient (Wildman–Crippen LogP) is 3.21. The minimum absolute atomic E-state index is 0.0257. The van der Waals surface area contributed by atoms with Gasteiger partial charge < -0.3 is 15.4 Å². The molecule has 1 unspecified atom stereocenters. The van der Waals surface area contributed by atoms with Crippen LogP contribution in [-0.4, -0.2) is 25.5 Å². The SMILES string of the molecule is O=C(NCCC1CCNC1)c1ccc(Oc2ccccc2)cc1. The fourth-order valence-corrected chi connectivity index (χ4v) is 2.75. The van der Waals surface area contributed by atoms with Gasteiger partial charge in [0.2, 0.25) is 0 Å². The second kappa shape index (κ2) is 7.79. The molecule has 0 bridgehead atoms.